The van der Waals surface area contributed by atoms with Crippen LogP contribution >= 0.6 is 0 Å². The zero-order valence-electron chi connectivity index (χ0n) is 12.7. The van der Waals surface area contributed by atoms with E-state index in [9.17, 15) is 0 Å². The smallest absolute Gasteiger partial charge is 0.0580 e. The molecule has 0 aromatic rings. The van der Waals surface area contributed by atoms with E-state index in [2.05, 4.69) is 19.2 Å². The largest absolute Gasteiger partial charge is 0.381 e. The molecular weight excluding hydrogens is 238 g/mol. The third-order valence-corrected chi connectivity index (χ3v) is 4.67. The lowest BCUT2D eigenvalue weighted by molar-refractivity contribution is -0.0336. The predicted octanol–water partition coefficient (Wildman–Crippen LogP) is 2.99. The van der Waals surface area contributed by atoms with E-state index in [1.165, 1.54) is 38.5 Å². The van der Waals surface area contributed by atoms with Gasteiger partial charge in [0.05, 0.1) is 6.10 Å². The van der Waals surface area contributed by atoms with Gasteiger partial charge in [0.1, 0.15) is 0 Å². The molecule has 0 radical (unpaired) electrons. The van der Waals surface area contributed by atoms with E-state index >= 15 is 0 Å². The first-order valence-electron chi connectivity index (χ1n) is 8.26. The SMILES string of the molecule is CCCNC(CC1CC(OCC)C1)C1CCOCC1. The first kappa shape index (κ1) is 15.3. The monoisotopic (exact) mass is 269 g/mol. The van der Waals surface area contributed by atoms with Gasteiger partial charge >= 0.3 is 0 Å². The Hall–Kier alpha value is -0.120. The van der Waals surface area contributed by atoms with Crippen LogP contribution in [-0.2, 0) is 9.47 Å². The van der Waals surface area contributed by atoms with Crippen LogP contribution in [0.1, 0.15) is 52.4 Å². The zero-order chi connectivity index (χ0) is 13.5. The Kier molecular flexibility index (Phi) is 6.62. The molecule has 19 heavy (non-hydrogen) atoms. The normalized spacial score (nSPS) is 30.0. The lowest BCUT2D eigenvalue weighted by Crippen LogP contribution is -2.43. The molecule has 1 aliphatic carbocycles. The second kappa shape index (κ2) is 8.23. The molecule has 2 aliphatic rings. The molecule has 1 saturated carbocycles. The Morgan fingerprint density at radius 2 is 1.95 bits per heavy atom. The van der Waals surface area contributed by atoms with E-state index < -0.39 is 0 Å². The van der Waals surface area contributed by atoms with Gasteiger partial charge in [-0.05, 0) is 63.8 Å². The number of hydrogen-bond acceptors (Lipinski definition) is 3. The molecule has 1 heterocycles. The highest BCUT2D eigenvalue weighted by molar-refractivity contribution is 4.87. The summed E-state index contributed by atoms with van der Waals surface area (Å²) in [5, 5.41) is 3.79. The van der Waals surface area contributed by atoms with Crippen molar-refractivity contribution in [3.63, 3.8) is 0 Å². The van der Waals surface area contributed by atoms with Gasteiger partial charge in [-0.25, -0.2) is 0 Å². The average molecular weight is 269 g/mol. The third kappa shape index (κ3) is 4.73. The molecule has 2 fully saturated rings. The summed E-state index contributed by atoms with van der Waals surface area (Å²) in [6.45, 7) is 8.30. The molecule has 0 amide bonds. The summed E-state index contributed by atoms with van der Waals surface area (Å²) in [7, 11) is 0. The van der Waals surface area contributed by atoms with Crippen molar-refractivity contribution in [3.8, 4) is 0 Å². The molecule has 2 rings (SSSR count). The lowest BCUT2D eigenvalue weighted by Gasteiger charge is -2.40. The summed E-state index contributed by atoms with van der Waals surface area (Å²) in [4.78, 5) is 0. The fourth-order valence-electron chi connectivity index (χ4n) is 3.49. The van der Waals surface area contributed by atoms with Crippen molar-refractivity contribution >= 4 is 0 Å². The maximum absolute atomic E-state index is 5.68. The van der Waals surface area contributed by atoms with E-state index in [1.807, 2.05) is 0 Å². The minimum absolute atomic E-state index is 0.552. The second-order valence-corrected chi connectivity index (χ2v) is 6.16. The Morgan fingerprint density at radius 1 is 1.21 bits per heavy atom. The topological polar surface area (TPSA) is 30.5 Å². The highest BCUT2D eigenvalue weighted by Gasteiger charge is 2.33. The van der Waals surface area contributed by atoms with Crippen molar-refractivity contribution in [3.05, 3.63) is 0 Å². The number of rotatable bonds is 8. The summed E-state index contributed by atoms with van der Waals surface area (Å²) in [5.74, 6) is 1.71. The van der Waals surface area contributed by atoms with Crippen LogP contribution in [0.4, 0.5) is 0 Å². The fourth-order valence-corrected chi connectivity index (χ4v) is 3.49. The van der Waals surface area contributed by atoms with Crippen LogP contribution in [0.2, 0.25) is 0 Å². The average Bonchev–Trinajstić information content (AvgIpc) is 2.41. The molecule has 0 aromatic heterocycles. The second-order valence-electron chi connectivity index (χ2n) is 6.16. The lowest BCUT2D eigenvalue weighted by atomic mass is 9.75. The van der Waals surface area contributed by atoms with Crippen molar-refractivity contribution in [2.45, 2.75) is 64.5 Å². The molecule has 112 valence electrons. The van der Waals surface area contributed by atoms with Crippen LogP contribution in [0, 0.1) is 11.8 Å². The van der Waals surface area contributed by atoms with Crippen LogP contribution in [0.5, 0.6) is 0 Å². The van der Waals surface area contributed by atoms with Crippen LogP contribution in [0.25, 0.3) is 0 Å². The molecule has 1 unspecified atom stereocenters. The highest BCUT2D eigenvalue weighted by atomic mass is 16.5. The standard InChI is InChI=1S/C16H31NO2/c1-3-7-17-16(14-5-8-18-9-6-14)12-13-10-15(11-13)19-4-2/h13-17H,3-12H2,1-2H3. The van der Waals surface area contributed by atoms with E-state index in [1.54, 1.807) is 0 Å². The van der Waals surface area contributed by atoms with Gasteiger partial charge in [0.15, 0.2) is 0 Å². The minimum Gasteiger partial charge on any atom is -0.381 e. The maximum Gasteiger partial charge on any atom is 0.0580 e. The van der Waals surface area contributed by atoms with Crippen LogP contribution in [0.3, 0.4) is 0 Å². The molecule has 3 heteroatoms. The molecule has 0 spiro atoms. The van der Waals surface area contributed by atoms with Gasteiger partial charge in [-0.15, -0.1) is 0 Å². The van der Waals surface area contributed by atoms with Gasteiger partial charge in [0, 0.05) is 25.9 Å². The molecule has 0 aromatic carbocycles. The van der Waals surface area contributed by atoms with Crippen LogP contribution in [0.15, 0.2) is 0 Å². The molecule has 1 atom stereocenters. The summed E-state index contributed by atoms with van der Waals surface area (Å²) in [5.41, 5.74) is 0. The van der Waals surface area contributed by atoms with Gasteiger partial charge in [0.2, 0.25) is 0 Å². The maximum atomic E-state index is 5.68. The highest BCUT2D eigenvalue weighted by Crippen LogP contribution is 2.36. The number of ether oxygens (including phenoxy) is 2. The van der Waals surface area contributed by atoms with Crippen LogP contribution in [-0.4, -0.2) is 38.5 Å². The van der Waals surface area contributed by atoms with E-state index in [0.717, 1.165) is 38.2 Å². The van der Waals surface area contributed by atoms with Gasteiger partial charge in [-0.1, -0.05) is 6.92 Å². The molecular formula is C16H31NO2. The van der Waals surface area contributed by atoms with Gasteiger partial charge in [0.25, 0.3) is 0 Å². The first-order chi connectivity index (χ1) is 9.33. The summed E-state index contributed by atoms with van der Waals surface area (Å²) < 4.78 is 11.2. The fraction of sp³-hybridized carbons (Fsp3) is 1.00. The zero-order valence-corrected chi connectivity index (χ0v) is 12.7. The van der Waals surface area contributed by atoms with Crippen molar-refractivity contribution in [2.75, 3.05) is 26.4 Å². The molecule has 1 aliphatic heterocycles. The van der Waals surface area contributed by atoms with Crippen molar-refractivity contribution in [2.24, 2.45) is 11.8 Å². The van der Waals surface area contributed by atoms with Crippen LogP contribution < -0.4 is 5.32 Å². The molecule has 0 bridgehead atoms. The molecule has 3 nitrogen and oxygen atoms in total. The summed E-state index contributed by atoms with van der Waals surface area (Å²) >= 11 is 0. The van der Waals surface area contributed by atoms with E-state index in [0.29, 0.717) is 12.1 Å². The Morgan fingerprint density at radius 3 is 2.58 bits per heavy atom. The van der Waals surface area contributed by atoms with E-state index in [4.69, 9.17) is 9.47 Å². The van der Waals surface area contributed by atoms with Crippen molar-refractivity contribution in [1.29, 1.82) is 0 Å². The predicted molar refractivity (Wildman–Crippen MR) is 78.4 cm³/mol. The molecule has 1 N–H and O–H groups in total. The summed E-state index contributed by atoms with van der Waals surface area (Å²) in [6.07, 6.45) is 8.16. The third-order valence-electron chi connectivity index (χ3n) is 4.67. The minimum atomic E-state index is 0.552. The Balaban J connectivity index is 1.74. The summed E-state index contributed by atoms with van der Waals surface area (Å²) in [6, 6.07) is 0.705. The number of nitrogens with one attached hydrogen (secondary N) is 1. The Labute approximate surface area is 118 Å². The van der Waals surface area contributed by atoms with Crippen molar-refractivity contribution < 1.29 is 9.47 Å². The van der Waals surface area contributed by atoms with Gasteiger partial charge in [-0.3, -0.25) is 0 Å². The van der Waals surface area contributed by atoms with Gasteiger partial charge in [-0.2, -0.15) is 0 Å². The molecule has 1 saturated heterocycles. The van der Waals surface area contributed by atoms with E-state index in [-0.39, 0.29) is 0 Å². The van der Waals surface area contributed by atoms with Gasteiger partial charge < -0.3 is 14.8 Å². The number of hydrogen-bond donors (Lipinski definition) is 1. The van der Waals surface area contributed by atoms with Crippen molar-refractivity contribution in [1.82, 2.24) is 5.32 Å². The Bertz CT molecular complexity index is 235. The quantitative estimate of drug-likeness (QED) is 0.735. The first-order valence-corrected chi connectivity index (χ1v) is 8.26.